The molecule has 0 saturated carbocycles. The normalized spacial score (nSPS) is 10.8. The Kier molecular flexibility index (Phi) is 17.0. The van der Waals surface area contributed by atoms with Crippen LogP contribution in [0.1, 0.15) is 40.5 Å². The van der Waals surface area contributed by atoms with Gasteiger partial charge in [0.2, 0.25) is 0 Å². The van der Waals surface area contributed by atoms with Crippen LogP contribution in [0.4, 0.5) is 0 Å². The number of aliphatic carboxylic acids is 2. The second-order valence-corrected chi connectivity index (χ2v) is 3.17. The molecule has 0 amide bonds. The van der Waals surface area contributed by atoms with Crippen molar-refractivity contribution in [1.29, 1.82) is 0 Å². The summed E-state index contributed by atoms with van der Waals surface area (Å²) in [5.41, 5.74) is 0.625. The molecule has 0 rings (SSSR count). The molecular formula is C12H18O4Pb. The molecule has 4 nitrogen and oxygen atoms in total. The molecule has 0 heterocycles. The number of carboxylic acids is 2. The smallest absolute Gasteiger partial charge is 0.545 e. The molecule has 0 saturated heterocycles. The molecule has 0 aliphatic rings. The molecule has 0 aliphatic heterocycles. The maximum atomic E-state index is 9.91. The predicted octanol–water partition coefficient (Wildman–Crippen LogP) is -0.196. The van der Waals surface area contributed by atoms with E-state index >= 15 is 0 Å². The standard InChI is InChI=1S/2C6H10O2.Pb/c2*1-3-4-5(2)6(7)8;/h2*4H,3H2,1-2H3,(H,7,8);/q;;+2/p-2. The Bertz CT molecular complexity index is 263. The van der Waals surface area contributed by atoms with Crippen molar-refractivity contribution in [3.63, 3.8) is 0 Å². The van der Waals surface area contributed by atoms with Gasteiger partial charge in [0.05, 0.1) is 11.9 Å². The van der Waals surface area contributed by atoms with Gasteiger partial charge in [0.25, 0.3) is 0 Å². The topological polar surface area (TPSA) is 80.3 Å². The van der Waals surface area contributed by atoms with Crippen molar-refractivity contribution in [1.82, 2.24) is 0 Å². The summed E-state index contributed by atoms with van der Waals surface area (Å²) in [6, 6.07) is 0. The molecule has 0 aliphatic carbocycles. The Hall–Kier alpha value is -0.658. The third-order valence-electron chi connectivity index (χ3n) is 1.66. The average Bonchev–Trinajstić information content (AvgIpc) is 2.19. The van der Waals surface area contributed by atoms with Crippen LogP contribution in [0.15, 0.2) is 23.3 Å². The van der Waals surface area contributed by atoms with Gasteiger partial charge in [-0.25, -0.2) is 0 Å². The predicted molar refractivity (Wildman–Crippen MR) is 63.9 cm³/mol. The Balaban J connectivity index is -0.000000218. The van der Waals surface area contributed by atoms with E-state index in [1.165, 1.54) is 13.8 Å². The monoisotopic (exact) mass is 434 g/mol. The number of hydrogen-bond acceptors (Lipinski definition) is 4. The summed E-state index contributed by atoms with van der Waals surface area (Å²) >= 11 is 0. The van der Waals surface area contributed by atoms with Gasteiger partial charge in [0.1, 0.15) is 0 Å². The Morgan fingerprint density at radius 2 is 1.12 bits per heavy atom. The van der Waals surface area contributed by atoms with Gasteiger partial charge in [-0.1, -0.05) is 26.0 Å². The number of rotatable bonds is 4. The van der Waals surface area contributed by atoms with Gasteiger partial charge in [-0.2, -0.15) is 0 Å². The molecule has 0 spiro atoms. The fourth-order valence-electron chi connectivity index (χ4n) is 0.779. The van der Waals surface area contributed by atoms with Gasteiger partial charge in [-0.05, 0) is 37.8 Å². The van der Waals surface area contributed by atoms with Crippen LogP contribution in [0.25, 0.3) is 0 Å². The van der Waals surface area contributed by atoms with Crippen molar-refractivity contribution in [2.24, 2.45) is 0 Å². The molecule has 0 aromatic carbocycles. The second-order valence-electron chi connectivity index (χ2n) is 3.17. The summed E-state index contributed by atoms with van der Waals surface area (Å²) in [5, 5.41) is 19.8. The van der Waals surface area contributed by atoms with E-state index in [9.17, 15) is 19.8 Å². The van der Waals surface area contributed by atoms with E-state index in [1.807, 2.05) is 13.8 Å². The molecule has 94 valence electrons. The summed E-state index contributed by atoms with van der Waals surface area (Å²) < 4.78 is 0. The van der Waals surface area contributed by atoms with Crippen LogP contribution in [0.5, 0.6) is 0 Å². The fourth-order valence-corrected chi connectivity index (χ4v) is 0.779. The first-order chi connectivity index (χ1) is 7.36. The SMILES string of the molecule is CCC=C(C)C(=O)[O-].CCC=C(C)C(=O)[O-].[Pb+2]. The first-order valence-electron chi connectivity index (χ1n) is 5.12. The Labute approximate surface area is 123 Å². The van der Waals surface area contributed by atoms with Gasteiger partial charge >= 0.3 is 27.3 Å². The number of carboxylic acid groups (broad SMARTS) is 2. The van der Waals surface area contributed by atoms with Gasteiger partial charge in [0.15, 0.2) is 0 Å². The maximum Gasteiger partial charge on any atom is 2.00 e. The van der Waals surface area contributed by atoms with Gasteiger partial charge < -0.3 is 19.8 Å². The van der Waals surface area contributed by atoms with E-state index in [4.69, 9.17) is 0 Å². The first-order valence-corrected chi connectivity index (χ1v) is 5.12. The maximum absolute atomic E-state index is 9.91. The van der Waals surface area contributed by atoms with E-state index in [2.05, 4.69) is 0 Å². The molecule has 0 aromatic heterocycles. The summed E-state index contributed by atoms with van der Waals surface area (Å²) in [4.78, 5) is 19.8. The molecular weight excluding hydrogens is 415 g/mol. The quantitative estimate of drug-likeness (QED) is 0.455. The van der Waals surface area contributed by atoms with Crippen LogP contribution in [0, 0.1) is 0 Å². The summed E-state index contributed by atoms with van der Waals surface area (Å²) in [5.74, 6) is -2.15. The fraction of sp³-hybridized carbons (Fsp3) is 0.500. The number of hydrogen-bond donors (Lipinski definition) is 0. The minimum atomic E-state index is -1.08. The molecule has 0 bridgehead atoms. The van der Waals surface area contributed by atoms with Crippen molar-refractivity contribution in [2.45, 2.75) is 40.5 Å². The van der Waals surface area contributed by atoms with Crippen molar-refractivity contribution in [3.05, 3.63) is 23.3 Å². The van der Waals surface area contributed by atoms with E-state index in [-0.39, 0.29) is 27.3 Å². The largest absolute Gasteiger partial charge is 2.00 e. The average molecular weight is 433 g/mol. The van der Waals surface area contributed by atoms with E-state index < -0.39 is 11.9 Å². The van der Waals surface area contributed by atoms with Gasteiger partial charge in [-0.3, -0.25) is 0 Å². The molecule has 17 heavy (non-hydrogen) atoms. The van der Waals surface area contributed by atoms with Crippen LogP contribution < -0.4 is 10.2 Å². The number of carbonyl (C=O) groups is 2. The molecule has 0 N–H and O–H groups in total. The Morgan fingerprint density at radius 3 is 1.18 bits per heavy atom. The van der Waals surface area contributed by atoms with Crippen molar-refractivity contribution >= 4 is 39.2 Å². The number of allylic oxidation sites excluding steroid dienone is 2. The van der Waals surface area contributed by atoms with Crippen LogP contribution >= 0.6 is 0 Å². The molecule has 0 aromatic rings. The molecule has 0 fully saturated rings. The summed E-state index contributed by atoms with van der Waals surface area (Å²) in [7, 11) is 0. The van der Waals surface area contributed by atoms with Crippen LogP contribution in [-0.4, -0.2) is 39.2 Å². The van der Waals surface area contributed by atoms with Crippen molar-refractivity contribution in [3.8, 4) is 0 Å². The molecule has 2 radical (unpaired) electrons. The summed E-state index contributed by atoms with van der Waals surface area (Å²) in [6.07, 6.45) is 4.74. The number of carbonyl (C=O) groups excluding carboxylic acids is 2. The minimum Gasteiger partial charge on any atom is -0.545 e. The van der Waals surface area contributed by atoms with Gasteiger partial charge in [0, 0.05) is 0 Å². The molecule has 0 atom stereocenters. The van der Waals surface area contributed by atoms with Crippen molar-refractivity contribution in [2.75, 3.05) is 0 Å². The van der Waals surface area contributed by atoms with Crippen LogP contribution in [-0.2, 0) is 9.59 Å². The zero-order valence-corrected chi connectivity index (χ0v) is 14.6. The minimum absolute atomic E-state index is 0. The Morgan fingerprint density at radius 1 is 0.882 bits per heavy atom. The van der Waals surface area contributed by atoms with E-state index in [0.29, 0.717) is 11.1 Å². The summed E-state index contributed by atoms with van der Waals surface area (Å²) in [6.45, 7) is 6.82. The zero-order valence-electron chi connectivity index (χ0n) is 10.7. The van der Waals surface area contributed by atoms with Crippen LogP contribution in [0.3, 0.4) is 0 Å². The second kappa shape index (κ2) is 13.4. The van der Waals surface area contributed by atoms with Crippen molar-refractivity contribution < 1.29 is 19.8 Å². The third-order valence-corrected chi connectivity index (χ3v) is 1.66. The first kappa shape index (κ1) is 21.6. The molecule has 0 unspecified atom stereocenters. The van der Waals surface area contributed by atoms with E-state index in [0.717, 1.165) is 12.8 Å². The third kappa shape index (κ3) is 15.3. The molecule has 5 heteroatoms. The van der Waals surface area contributed by atoms with Crippen LogP contribution in [0.2, 0.25) is 0 Å². The van der Waals surface area contributed by atoms with Gasteiger partial charge in [-0.15, -0.1) is 0 Å². The zero-order chi connectivity index (χ0) is 13.1. The van der Waals surface area contributed by atoms with E-state index in [1.54, 1.807) is 12.2 Å².